The minimum absolute atomic E-state index is 0.0318. The van der Waals surface area contributed by atoms with E-state index in [4.69, 9.17) is 0 Å². The first kappa shape index (κ1) is 20.9. The van der Waals surface area contributed by atoms with E-state index in [2.05, 4.69) is 49.4 Å². The molecule has 3 amide bonds. The van der Waals surface area contributed by atoms with Gasteiger partial charge >= 0.3 is 6.03 Å². The van der Waals surface area contributed by atoms with Gasteiger partial charge in [0.25, 0.3) is 5.91 Å². The average molecular weight is 435 g/mol. The molecule has 3 aliphatic heterocycles. The van der Waals surface area contributed by atoms with Gasteiger partial charge in [0.2, 0.25) is 5.95 Å². The highest BCUT2D eigenvalue weighted by atomic mass is 16.2. The molecular formula is C24H30N6O2. The lowest BCUT2D eigenvalue weighted by molar-refractivity contribution is -0.133. The Morgan fingerprint density at radius 1 is 0.938 bits per heavy atom. The predicted octanol–water partition coefficient (Wildman–Crippen LogP) is 2.28. The Kier molecular flexibility index (Phi) is 5.78. The van der Waals surface area contributed by atoms with Crippen LogP contribution >= 0.6 is 0 Å². The van der Waals surface area contributed by atoms with E-state index in [9.17, 15) is 9.59 Å². The molecule has 1 aromatic carbocycles. The van der Waals surface area contributed by atoms with Gasteiger partial charge in [-0.15, -0.1) is 0 Å². The molecule has 32 heavy (non-hydrogen) atoms. The molecule has 0 bridgehead atoms. The topological polar surface area (TPSA) is 81.7 Å². The first-order valence-corrected chi connectivity index (χ1v) is 11.6. The Morgan fingerprint density at radius 3 is 2.31 bits per heavy atom. The average Bonchev–Trinajstić information content (AvgIpc) is 3.06. The van der Waals surface area contributed by atoms with Crippen molar-refractivity contribution >= 4 is 17.9 Å². The fourth-order valence-electron chi connectivity index (χ4n) is 5.14. The van der Waals surface area contributed by atoms with Crippen LogP contribution < -0.4 is 10.2 Å². The fourth-order valence-corrected chi connectivity index (χ4v) is 5.14. The zero-order chi connectivity index (χ0) is 22.0. The first-order valence-electron chi connectivity index (χ1n) is 11.6. The van der Waals surface area contributed by atoms with Gasteiger partial charge in [0.1, 0.15) is 5.54 Å². The number of nitrogens with one attached hydrogen (secondary N) is 1. The highest BCUT2D eigenvalue weighted by Crippen LogP contribution is 2.32. The normalized spacial score (nSPS) is 21.9. The minimum atomic E-state index is -0.719. The van der Waals surface area contributed by atoms with Crippen LogP contribution in [-0.4, -0.2) is 70.0 Å². The second kappa shape index (κ2) is 8.86. The summed E-state index contributed by atoms with van der Waals surface area (Å²) in [5, 5.41) is 3.06. The van der Waals surface area contributed by atoms with Crippen LogP contribution in [0, 0.1) is 5.92 Å². The molecule has 5 rings (SSSR count). The number of likely N-dealkylation sites (tertiary alicyclic amines) is 1. The van der Waals surface area contributed by atoms with Crippen molar-refractivity contribution in [3.05, 3.63) is 54.4 Å². The molecule has 3 aliphatic rings. The molecule has 8 heteroatoms. The number of aromatic nitrogens is 2. The summed E-state index contributed by atoms with van der Waals surface area (Å²) in [5.74, 6) is 1.04. The summed E-state index contributed by atoms with van der Waals surface area (Å²) >= 11 is 0. The van der Waals surface area contributed by atoms with Crippen molar-refractivity contribution in [1.29, 1.82) is 0 Å². The van der Waals surface area contributed by atoms with E-state index < -0.39 is 5.54 Å². The van der Waals surface area contributed by atoms with Crippen LogP contribution in [0.4, 0.5) is 10.7 Å². The van der Waals surface area contributed by atoms with Gasteiger partial charge in [-0.1, -0.05) is 30.3 Å². The Bertz CT molecular complexity index is 937. The van der Waals surface area contributed by atoms with E-state index in [1.165, 1.54) is 10.5 Å². The minimum Gasteiger partial charge on any atom is -0.341 e. The van der Waals surface area contributed by atoms with Crippen LogP contribution in [0.2, 0.25) is 0 Å². The highest BCUT2D eigenvalue weighted by Gasteiger charge is 2.52. The molecule has 1 aromatic heterocycles. The number of hydrogen-bond donors (Lipinski definition) is 1. The van der Waals surface area contributed by atoms with E-state index in [0.717, 1.165) is 51.5 Å². The zero-order valence-corrected chi connectivity index (χ0v) is 18.3. The number of benzene rings is 1. The molecular weight excluding hydrogens is 404 g/mol. The van der Waals surface area contributed by atoms with Gasteiger partial charge < -0.3 is 10.2 Å². The number of nitrogens with zero attached hydrogens (tertiary/aromatic N) is 5. The molecule has 0 atom stereocenters. The first-order chi connectivity index (χ1) is 15.6. The van der Waals surface area contributed by atoms with E-state index in [1.54, 1.807) is 12.4 Å². The molecule has 4 heterocycles. The van der Waals surface area contributed by atoms with Crippen LogP contribution in [0.3, 0.4) is 0 Å². The monoisotopic (exact) mass is 434 g/mol. The fraction of sp³-hybridized carbons (Fsp3) is 0.500. The molecule has 1 N–H and O–H groups in total. The number of urea groups is 1. The van der Waals surface area contributed by atoms with Gasteiger partial charge in [-0.25, -0.2) is 14.8 Å². The molecule has 168 valence electrons. The summed E-state index contributed by atoms with van der Waals surface area (Å²) in [7, 11) is 0. The third-order valence-electron chi connectivity index (χ3n) is 7.09. The van der Waals surface area contributed by atoms with E-state index >= 15 is 0 Å². The number of rotatable bonds is 5. The van der Waals surface area contributed by atoms with Crippen LogP contribution in [0.5, 0.6) is 0 Å². The van der Waals surface area contributed by atoms with Gasteiger partial charge in [-0.2, -0.15) is 0 Å². The van der Waals surface area contributed by atoms with E-state index in [0.29, 0.717) is 25.3 Å². The summed E-state index contributed by atoms with van der Waals surface area (Å²) in [6.45, 7) is 4.69. The van der Waals surface area contributed by atoms with E-state index in [1.807, 2.05) is 12.1 Å². The molecule has 0 aliphatic carbocycles. The lowest BCUT2D eigenvalue weighted by Gasteiger charge is -2.37. The van der Waals surface area contributed by atoms with Crippen molar-refractivity contribution in [1.82, 2.24) is 25.1 Å². The second-order valence-corrected chi connectivity index (χ2v) is 9.17. The van der Waals surface area contributed by atoms with Gasteiger partial charge in [-0.05, 0) is 43.2 Å². The van der Waals surface area contributed by atoms with Crippen molar-refractivity contribution < 1.29 is 9.59 Å². The number of anilines is 1. The van der Waals surface area contributed by atoms with Gasteiger partial charge in [0, 0.05) is 51.7 Å². The van der Waals surface area contributed by atoms with Gasteiger partial charge in [0.15, 0.2) is 0 Å². The van der Waals surface area contributed by atoms with Crippen LogP contribution in [0.25, 0.3) is 0 Å². The summed E-state index contributed by atoms with van der Waals surface area (Å²) in [6, 6.07) is 12.0. The lowest BCUT2D eigenvalue weighted by atomic mass is 9.87. The van der Waals surface area contributed by atoms with Crippen LogP contribution in [0.15, 0.2) is 48.8 Å². The van der Waals surface area contributed by atoms with Crippen LogP contribution in [0.1, 0.15) is 31.2 Å². The number of amides is 3. The number of hydrogen-bond acceptors (Lipinski definition) is 6. The molecule has 8 nitrogen and oxygen atoms in total. The molecule has 0 saturated carbocycles. The maximum Gasteiger partial charge on any atom is 0.325 e. The Hall–Kier alpha value is -3.00. The molecule has 2 aromatic rings. The third kappa shape index (κ3) is 4.19. The Labute approximate surface area is 188 Å². The lowest BCUT2D eigenvalue weighted by Crippen LogP contribution is -2.54. The molecule has 3 fully saturated rings. The number of imide groups is 1. The summed E-state index contributed by atoms with van der Waals surface area (Å²) < 4.78 is 0. The standard InChI is InChI=1S/C24H30N6O2/c31-21-24(9-15-28(16-10-24)17-19-5-2-1-3-6-19)27-23(32)30(21)18-20-7-13-29(14-8-20)22-25-11-4-12-26-22/h1-6,11-12,20H,7-10,13-18H2,(H,27,32). The van der Waals surface area contributed by atoms with Crippen molar-refractivity contribution in [3.8, 4) is 0 Å². The highest BCUT2D eigenvalue weighted by molar-refractivity contribution is 6.07. The SMILES string of the molecule is O=C1NC2(CCN(Cc3ccccc3)CC2)C(=O)N1CC1CCN(c2ncccn2)CC1. The Morgan fingerprint density at radius 2 is 1.62 bits per heavy atom. The Balaban J connectivity index is 1.15. The second-order valence-electron chi connectivity index (χ2n) is 9.17. The molecule has 1 spiro atoms. The zero-order valence-electron chi connectivity index (χ0n) is 18.3. The number of carbonyl (C=O) groups is 2. The van der Waals surface area contributed by atoms with Crippen LogP contribution in [-0.2, 0) is 11.3 Å². The van der Waals surface area contributed by atoms with Crippen molar-refractivity contribution in [2.45, 2.75) is 37.8 Å². The largest absolute Gasteiger partial charge is 0.341 e. The maximum absolute atomic E-state index is 13.3. The van der Waals surface area contributed by atoms with Gasteiger partial charge in [0.05, 0.1) is 0 Å². The summed E-state index contributed by atoms with van der Waals surface area (Å²) in [6.07, 6.45) is 6.70. The predicted molar refractivity (Wildman–Crippen MR) is 121 cm³/mol. The number of carbonyl (C=O) groups excluding carboxylic acids is 2. The number of piperidine rings is 2. The van der Waals surface area contributed by atoms with Crippen molar-refractivity contribution in [2.24, 2.45) is 5.92 Å². The van der Waals surface area contributed by atoms with E-state index in [-0.39, 0.29) is 11.9 Å². The molecule has 3 saturated heterocycles. The quantitative estimate of drug-likeness (QED) is 0.727. The van der Waals surface area contributed by atoms with Crippen molar-refractivity contribution in [2.75, 3.05) is 37.6 Å². The third-order valence-corrected chi connectivity index (χ3v) is 7.09. The summed E-state index contributed by atoms with van der Waals surface area (Å²) in [4.78, 5) is 40.7. The summed E-state index contributed by atoms with van der Waals surface area (Å²) in [5.41, 5.74) is 0.558. The van der Waals surface area contributed by atoms with Gasteiger partial charge in [-0.3, -0.25) is 14.6 Å². The maximum atomic E-state index is 13.3. The van der Waals surface area contributed by atoms with Crippen molar-refractivity contribution in [3.63, 3.8) is 0 Å². The molecule has 0 unspecified atom stereocenters. The smallest absolute Gasteiger partial charge is 0.325 e. The molecule has 0 radical (unpaired) electrons.